The average Bonchev–Trinajstić information content (AvgIpc) is 3.12. The van der Waals surface area contributed by atoms with Crippen LogP contribution in [0.25, 0.3) is 0 Å². The van der Waals surface area contributed by atoms with E-state index in [0.717, 1.165) is 0 Å². The molecule has 1 N–H and O–H groups in total. The number of amides is 1. The fourth-order valence-corrected chi connectivity index (χ4v) is 1.66. The number of nitro benzene ring substituents is 1. The fourth-order valence-electron chi connectivity index (χ4n) is 1.66. The maximum atomic E-state index is 11.8. The van der Waals surface area contributed by atoms with E-state index in [1.165, 1.54) is 18.2 Å². The Kier molecular flexibility index (Phi) is 2.75. The summed E-state index contributed by atoms with van der Waals surface area (Å²) in [6.45, 7) is 1.68. The van der Waals surface area contributed by atoms with E-state index in [1.54, 1.807) is 6.92 Å². The highest BCUT2D eigenvalue weighted by atomic mass is 16.6. The molecule has 0 unspecified atom stereocenters. The highest BCUT2D eigenvalue weighted by Gasteiger charge is 2.50. The molecule has 6 heteroatoms. The van der Waals surface area contributed by atoms with Crippen molar-refractivity contribution in [2.24, 2.45) is 5.41 Å². The molecule has 1 amide bonds. The summed E-state index contributed by atoms with van der Waals surface area (Å²) in [6.07, 6.45) is 1.14. The van der Waals surface area contributed by atoms with Crippen molar-refractivity contribution in [1.82, 2.24) is 0 Å². The largest absolute Gasteiger partial charge is 0.324 e. The first-order valence-electron chi connectivity index (χ1n) is 5.46. The van der Waals surface area contributed by atoms with Crippen molar-refractivity contribution in [1.29, 1.82) is 5.26 Å². The molecule has 0 saturated heterocycles. The Bertz CT molecular complexity index is 570. The third-order valence-corrected chi connectivity index (χ3v) is 3.07. The standard InChI is InChI=1S/C12H11N3O3/c1-8-6-9(15(17)18)2-3-10(8)14-11(16)12(7-13)4-5-12/h2-3,6H,4-5H2,1H3,(H,14,16). The van der Waals surface area contributed by atoms with Gasteiger partial charge >= 0.3 is 0 Å². The van der Waals surface area contributed by atoms with Gasteiger partial charge in [0.2, 0.25) is 5.91 Å². The number of hydrogen-bond donors (Lipinski definition) is 1. The molecule has 18 heavy (non-hydrogen) atoms. The van der Waals surface area contributed by atoms with Crippen LogP contribution in [-0.2, 0) is 4.79 Å². The smallest absolute Gasteiger partial charge is 0.269 e. The van der Waals surface area contributed by atoms with E-state index in [0.29, 0.717) is 24.1 Å². The number of aryl methyl sites for hydroxylation is 1. The summed E-state index contributed by atoms with van der Waals surface area (Å²) in [4.78, 5) is 21.9. The number of nitriles is 1. The Morgan fingerprint density at radius 1 is 1.56 bits per heavy atom. The molecular weight excluding hydrogens is 234 g/mol. The number of anilines is 1. The second kappa shape index (κ2) is 4.11. The number of non-ortho nitro benzene ring substituents is 1. The molecule has 1 aliphatic rings. The van der Waals surface area contributed by atoms with Gasteiger partial charge in [0.05, 0.1) is 11.0 Å². The lowest BCUT2D eigenvalue weighted by atomic mass is 10.1. The highest BCUT2D eigenvalue weighted by Crippen LogP contribution is 2.45. The quantitative estimate of drug-likeness (QED) is 0.651. The number of nitro groups is 1. The van der Waals surface area contributed by atoms with Crippen LogP contribution in [0, 0.1) is 33.8 Å². The van der Waals surface area contributed by atoms with Crippen molar-refractivity contribution >= 4 is 17.3 Å². The van der Waals surface area contributed by atoms with E-state index in [1.807, 2.05) is 6.07 Å². The third-order valence-electron chi connectivity index (χ3n) is 3.07. The van der Waals surface area contributed by atoms with E-state index < -0.39 is 10.3 Å². The summed E-state index contributed by atoms with van der Waals surface area (Å²) in [5.41, 5.74) is 0.194. The van der Waals surface area contributed by atoms with E-state index in [4.69, 9.17) is 5.26 Å². The SMILES string of the molecule is Cc1cc([N+](=O)[O-])ccc1NC(=O)C1(C#N)CC1. The molecule has 0 heterocycles. The van der Waals surface area contributed by atoms with Crippen molar-refractivity contribution in [3.8, 4) is 6.07 Å². The van der Waals surface area contributed by atoms with Crippen molar-refractivity contribution < 1.29 is 9.72 Å². The maximum Gasteiger partial charge on any atom is 0.269 e. The molecule has 0 aliphatic heterocycles. The second-order valence-electron chi connectivity index (χ2n) is 4.40. The molecule has 6 nitrogen and oxygen atoms in total. The molecule has 0 aromatic heterocycles. The van der Waals surface area contributed by atoms with Gasteiger partial charge in [-0.25, -0.2) is 0 Å². The third kappa shape index (κ3) is 2.02. The first-order chi connectivity index (χ1) is 8.48. The summed E-state index contributed by atoms with van der Waals surface area (Å²) >= 11 is 0. The van der Waals surface area contributed by atoms with Crippen molar-refractivity contribution in [3.05, 3.63) is 33.9 Å². The van der Waals surface area contributed by atoms with Gasteiger partial charge in [-0.15, -0.1) is 0 Å². The highest BCUT2D eigenvalue weighted by molar-refractivity contribution is 5.99. The summed E-state index contributed by atoms with van der Waals surface area (Å²) in [7, 11) is 0. The van der Waals surface area contributed by atoms with Gasteiger partial charge in [0, 0.05) is 17.8 Å². The number of carbonyl (C=O) groups is 1. The van der Waals surface area contributed by atoms with Gasteiger partial charge in [0.1, 0.15) is 5.41 Å². The number of rotatable bonds is 3. The van der Waals surface area contributed by atoms with E-state index in [9.17, 15) is 14.9 Å². The van der Waals surface area contributed by atoms with Gasteiger partial charge in [-0.3, -0.25) is 14.9 Å². The van der Waals surface area contributed by atoms with Gasteiger partial charge in [-0.2, -0.15) is 5.26 Å². The van der Waals surface area contributed by atoms with Gasteiger partial charge in [0.15, 0.2) is 0 Å². The lowest BCUT2D eigenvalue weighted by Crippen LogP contribution is -2.23. The number of hydrogen-bond acceptors (Lipinski definition) is 4. The van der Waals surface area contributed by atoms with Crippen LogP contribution in [0.2, 0.25) is 0 Å². The van der Waals surface area contributed by atoms with Gasteiger partial charge in [-0.1, -0.05) is 0 Å². The van der Waals surface area contributed by atoms with Crippen LogP contribution >= 0.6 is 0 Å². The zero-order valence-corrected chi connectivity index (χ0v) is 9.77. The van der Waals surface area contributed by atoms with Gasteiger partial charge < -0.3 is 5.32 Å². The molecule has 0 atom stereocenters. The summed E-state index contributed by atoms with van der Waals surface area (Å²) < 4.78 is 0. The second-order valence-corrected chi connectivity index (χ2v) is 4.40. The normalized spacial score (nSPS) is 15.6. The van der Waals surface area contributed by atoms with Crippen LogP contribution in [0.4, 0.5) is 11.4 Å². The Morgan fingerprint density at radius 3 is 2.67 bits per heavy atom. The van der Waals surface area contributed by atoms with E-state index in [2.05, 4.69) is 5.32 Å². The minimum atomic E-state index is -0.895. The van der Waals surface area contributed by atoms with Crippen molar-refractivity contribution in [2.75, 3.05) is 5.32 Å². The van der Waals surface area contributed by atoms with Crippen LogP contribution in [0.5, 0.6) is 0 Å². The lowest BCUT2D eigenvalue weighted by Gasteiger charge is -2.10. The molecule has 1 saturated carbocycles. The summed E-state index contributed by atoms with van der Waals surface area (Å²) in [6, 6.07) is 6.20. The molecule has 2 rings (SSSR count). The molecule has 1 aliphatic carbocycles. The first-order valence-corrected chi connectivity index (χ1v) is 5.46. The molecule has 1 aromatic rings. The molecule has 0 radical (unpaired) electrons. The van der Waals surface area contributed by atoms with Crippen molar-refractivity contribution in [2.45, 2.75) is 19.8 Å². The Labute approximate surface area is 103 Å². The molecule has 92 valence electrons. The summed E-state index contributed by atoms with van der Waals surface area (Å²) in [5.74, 6) is -0.332. The predicted molar refractivity (Wildman–Crippen MR) is 63.7 cm³/mol. The molecular formula is C12H11N3O3. The minimum Gasteiger partial charge on any atom is -0.324 e. The fraction of sp³-hybridized carbons (Fsp3) is 0.333. The first kappa shape index (κ1) is 12.0. The lowest BCUT2D eigenvalue weighted by molar-refractivity contribution is -0.384. The Balaban J connectivity index is 2.18. The number of nitrogens with zero attached hydrogens (tertiary/aromatic N) is 2. The maximum absolute atomic E-state index is 11.8. The van der Waals surface area contributed by atoms with E-state index >= 15 is 0 Å². The summed E-state index contributed by atoms with van der Waals surface area (Å²) in [5, 5.41) is 22.1. The van der Waals surface area contributed by atoms with Gasteiger partial charge in [-0.05, 0) is 31.4 Å². The minimum absolute atomic E-state index is 0.0214. The zero-order chi connectivity index (χ0) is 13.3. The van der Waals surface area contributed by atoms with Crippen molar-refractivity contribution in [3.63, 3.8) is 0 Å². The monoisotopic (exact) mass is 245 g/mol. The Hall–Kier alpha value is -2.42. The molecule has 0 spiro atoms. The van der Waals surface area contributed by atoms with Crippen LogP contribution in [0.15, 0.2) is 18.2 Å². The average molecular weight is 245 g/mol. The van der Waals surface area contributed by atoms with Crippen LogP contribution in [-0.4, -0.2) is 10.8 Å². The molecule has 1 fully saturated rings. The van der Waals surface area contributed by atoms with Crippen LogP contribution < -0.4 is 5.32 Å². The van der Waals surface area contributed by atoms with E-state index in [-0.39, 0.29) is 11.6 Å². The van der Waals surface area contributed by atoms with Crippen LogP contribution in [0.1, 0.15) is 18.4 Å². The number of carbonyl (C=O) groups excluding carboxylic acids is 1. The Morgan fingerprint density at radius 2 is 2.22 bits per heavy atom. The topological polar surface area (TPSA) is 96.0 Å². The predicted octanol–water partition coefficient (Wildman–Crippen LogP) is 2.15. The number of nitrogens with one attached hydrogen (secondary N) is 1. The zero-order valence-electron chi connectivity index (χ0n) is 9.77. The molecule has 0 bridgehead atoms. The van der Waals surface area contributed by atoms with Crippen LogP contribution in [0.3, 0.4) is 0 Å². The molecule has 1 aromatic carbocycles. The number of benzene rings is 1. The van der Waals surface area contributed by atoms with Gasteiger partial charge in [0.25, 0.3) is 5.69 Å².